The van der Waals surface area contributed by atoms with Crippen molar-refractivity contribution in [2.75, 3.05) is 13.7 Å². The van der Waals surface area contributed by atoms with Gasteiger partial charge in [0.1, 0.15) is 5.75 Å². The molecule has 1 aromatic carbocycles. The van der Waals surface area contributed by atoms with Crippen LogP contribution in [0.2, 0.25) is 0 Å². The first-order chi connectivity index (χ1) is 7.71. The molecule has 1 rings (SSSR count). The fraction of sp³-hybridized carbons (Fsp3) is 0.273. The Bertz CT molecular complexity index is 424. The Labute approximate surface area is 93.8 Å². The van der Waals surface area contributed by atoms with Gasteiger partial charge in [0.05, 0.1) is 11.6 Å². The van der Waals surface area contributed by atoms with Crippen LogP contribution >= 0.6 is 0 Å². The molecule has 3 N–H and O–H groups in total. The molecule has 5 nitrogen and oxygen atoms in total. The van der Waals surface area contributed by atoms with Crippen LogP contribution in [0.1, 0.15) is 11.1 Å². The van der Waals surface area contributed by atoms with E-state index in [1.165, 1.54) is 7.05 Å². The summed E-state index contributed by atoms with van der Waals surface area (Å²) in [6.07, 6.45) is 0. The molecule has 1 amide bonds. The summed E-state index contributed by atoms with van der Waals surface area (Å²) >= 11 is 0. The number of nitrogens with zero attached hydrogens (tertiary/aromatic N) is 1. The summed E-state index contributed by atoms with van der Waals surface area (Å²) < 4.78 is 5.28. The molecule has 0 saturated carbocycles. The third-order valence-electron chi connectivity index (χ3n) is 2.05. The number of ether oxygens (including phenoxy) is 1. The smallest absolute Gasteiger partial charge is 0.257 e. The SMILES string of the molecule is CNC(=O)COc1cc(C#N)ccc1CN. The molecule has 84 valence electrons. The highest BCUT2D eigenvalue weighted by molar-refractivity contribution is 5.77. The largest absolute Gasteiger partial charge is 0.483 e. The van der Waals surface area contributed by atoms with Crippen LogP contribution < -0.4 is 15.8 Å². The third kappa shape index (κ3) is 2.97. The summed E-state index contributed by atoms with van der Waals surface area (Å²) in [5.74, 6) is 0.246. The van der Waals surface area contributed by atoms with E-state index in [0.29, 0.717) is 17.9 Å². The van der Waals surface area contributed by atoms with E-state index in [9.17, 15) is 4.79 Å². The molecule has 0 bridgehead atoms. The summed E-state index contributed by atoms with van der Waals surface area (Å²) in [5.41, 5.74) is 6.76. The first-order valence-electron chi connectivity index (χ1n) is 4.77. The van der Waals surface area contributed by atoms with E-state index in [-0.39, 0.29) is 12.5 Å². The van der Waals surface area contributed by atoms with Crippen molar-refractivity contribution in [3.8, 4) is 11.8 Å². The van der Waals surface area contributed by atoms with Crippen LogP contribution in [0.15, 0.2) is 18.2 Å². The highest BCUT2D eigenvalue weighted by atomic mass is 16.5. The molecule has 0 radical (unpaired) electrons. The van der Waals surface area contributed by atoms with Crippen molar-refractivity contribution in [2.45, 2.75) is 6.54 Å². The van der Waals surface area contributed by atoms with Gasteiger partial charge in [0, 0.05) is 19.2 Å². The molecule has 0 heterocycles. The molecule has 0 spiro atoms. The van der Waals surface area contributed by atoms with Crippen molar-refractivity contribution in [2.24, 2.45) is 5.73 Å². The molecule has 0 aliphatic carbocycles. The maximum absolute atomic E-state index is 11.0. The molecule has 16 heavy (non-hydrogen) atoms. The van der Waals surface area contributed by atoms with E-state index < -0.39 is 0 Å². The molecule has 0 aromatic heterocycles. The second kappa shape index (κ2) is 5.73. The fourth-order valence-corrected chi connectivity index (χ4v) is 1.14. The molecule has 0 aliphatic heterocycles. The first-order valence-corrected chi connectivity index (χ1v) is 4.77. The Balaban J connectivity index is 2.84. The average molecular weight is 219 g/mol. The number of hydrogen-bond donors (Lipinski definition) is 2. The second-order valence-electron chi connectivity index (χ2n) is 3.10. The summed E-state index contributed by atoms with van der Waals surface area (Å²) in [7, 11) is 1.53. The zero-order valence-corrected chi connectivity index (χ0v) is 8.99. The summed E-state index contributed by atoms with van der Waals surface area (Å²) in [6.45, 7) is 0.215. The van der Waals surface area contributed by atoms with Gasteiger partial charge in [-0.15, -0.1) is 0 Å². The molecule has 1 aromatic rings. The van der Waals surface area contributed by atoms with Crippen LogP contribution in [0.5, 0.6) is 5.75 Å². The first kappa shape index (κ1) is 12.0. The van der Waals surface area contributed by atoms with Gasteiger partial charge in [-0.05, 0) is 12.1 Å². The van der Waals surface area contributed by atoms with Crippen LogP contribution in [0.3, 0.4) is 0 Å². The molecule has 0 unspecified atom stereocenters. The summed E-state index contributed by atoms with van der Waals surface area (Å²) in [5, 5.41) is 11.2. The monoisotopic (exact) mass is 219 g/mol. The van der Waals surface area contributed by atoms with Gasteiger partial charge in [0.15, 0.2) is 6.61 Å². The zero-order chi connectivity index (χ0) is 12.0. The van der Waals surface area contributed by atoms with Gasteiger partial charge in [-0.2, -0.15) is 5.26 Å². The van der Waals surface area contributed by atoms with Gasteiger partial charge < -0.3 is 15.8 Å². The van der Waals surface area contributed by atoms with E-state index in [4.69, 9.17) is 15.7 Å². The van der Waals surface area contributed by atoms with Crippen LogP contribution in [0, 0.1) is 11.3 Å². The quantitative estimate of drug-likeness (QED) is 0.754. The van der Waals surface area contributed by atoms with Gasteiger partial charge >= 0.3 is 0 Å². The Morgan fingerprint density at radius 2 is 2.38 bits per heavy atom. The normalized spacial score (nSPS) is 9.31. The van der Waals surface area contributed by atoms with Gasteiger partial charge in [0.25, 0.3) is 5.91 Å². The fourth-order valence-electron chi connectivity index (χ4n) is 1.14. The highest BCUT2D eigenvalue weighted by Crippen LogP contribution is 2.19. The predicted octanol–water partition coefficient (Wildman–Crippen LogP) is 0.142. The standard InChI is InChI=1S/C11H13N3O2/c1-14-11(15)7-16-10-4-8(5-12)2-3-9(10)6-13/h2-4H,6-7,13H2,1H3,(H,14,15). The van der Waals surface area contributed by atoms with E-state index in [1.807, 2.05) is 6.07 Å². The van der Waals surface area contributed by atoms with Gasteiger partial charge in [-0.1, -0.05) is 6.07 Å². The van der Waals surface area contributed by atoms with Crippen LogP contribution in [-0.2, 0) is 11.3 Å². The Hall–Kier alpha value is -2.06. The number of carbonyl (C=O) groups excluding carboxylic acids is 1. The van der Waals surface area contributed by atoms with Crippen molar-refractivity contribution >= 4 is 5.91 Å². The Kier molecular flexibility index (Phi) is 4.30. The average Bonchev–Trinajstić information content (AvgIpc) is 2.35. The van der Waals surface area contributed by atoms with Crippen molar-refractivity contribution in [3.63, 3.8) is 0 Å². The maximum atomic E-state index is 11.0. The minimum atomic E-state index is -0.231. The topological polar surface area (TPSA) is 88.1 Å². The number of rotatable bonds is 4. The van der Waals surface area contributed by atoms with E-state index in [0.717, 1.165) is 5.56 Å². The second-order valence-corrected chi connectivity index (χ2v) is 3.10. The van der Waals surface area contributed by atoms with Gasteiger partial charge in [-0.3, -0.25) is 4.79 Å². The Morgan fingerprint density at radius 1 is 1.62 bits per heavy atom. The number of amides is 1. The van der Waals surface area contributed by atoms with Crippen LogP contribution in [0.4, 0.5) is 0 Å². The van der Waals surface area contributed by atoms with Gasteiger partial charge in [0.2, 0.25) is 0 Å². The van der Waals surface area contributed by atoms with E-state index in [1.54, 1.807) is 18.2 Å². The number of nitrogens with one attached hydrogen (secondary N) is 1. The lowest BCUT2D eigenvalue weighted by molar-refractivity contribution is -0.122. The summed E-state index contributed by atoms with van der Waals surface area (Å²) in [4.78, 5) is 11.0. The van der Waals surface area contributed by atoms with Crippen molar-refractivity contribution in [3.05, 3.63) is 29.3 Å². The van der Waals surface area contributed by atoms with Gasteiger partial charge in [-0.25, -0.2) is 0 Å². The zero-order valence-electron chi connectivity index (χ0n) is 8.99. The molecule has 5 heteroatoms. The number of hydrogen-bond acceptors (Lipinski definition) is 4. The minimum Gasteiger partial charge on any atom is -0.483 e. The van der Waals surface area contributed by atoms with Crippen molar-refractivity contribution in [1.29, 1.82) is 5.26 Å². The molecule has 0 fully saturated rings. The molecular weight excluding hydrogens is 206 g/mol. The van der Waals surface area contributed by atoms with Crippen LogP contribution in [0.25, 0.3) is 0 Å². The lowest BCUT2D eigenvalue weighted by atomic mass is 10.1. The van der Waals surface area contributed by atoms with E-state index >= 15 is 0 Å². The van der Waals surface area contributed by atoms with Crippen LogP contribution in [-0.4, -0.2) is 19.6 Å². The maximum Gasteiger partial charge on any atom is 0.257 e. The lowest BCUT2D eigenvalue weighted by Crippen LogP contribution is -2.25. The van der Waals surface area contributed by atoms with E-state index in [2.05, 4.69) is 5.32 Å². The molecule has 0 saturated heterocycles. The molecular formula is C11H13N3O2. The number of likely N-dealkylation sites (N-methyl/N-ethyl adjacent to an activating group) is 1. The number of benzene rings is 1. The Morgan fingerprint density at radius 3 is 2.94 bits per heavy atom. The predicted molar refractivity (Wildman–Crippen MR) is 58.6 cm³/mol. The molecule has 0 aliphatic rings. The van der Waals surface area contributed by atoms with Crippen molar-refractivity contribution < 1.29 is 9.53 Å². The van der Waals surface area contributed by atoms with Crippen molar-refractivity contribution in [1.82, 2.24) is 5.32 Å². The summed E-state index contributed by atoms with van der Waals surface area (Å²) in [6, 6.07) is 6.96. The minimum absolute atomic E-state index is 0.0849. The third-order valence-corrected chi connectivity index (χ3v) is 2.05. The number of carbonyl (C=O) groups is 1. The lowest BCUT2D eigenvalue weighted by Gasteiger charge is -2.09. The number of nitriles is 1. The molecule has 0 atom stereocenters. The number of nitrogens with two attached hydrogens (primary N) is 1. The highest BCUT2D eigenvalue weighted by Gasteiger charge is 2.06.